The highest BCUT2D eigenvalue weighted by Gasteiger charge is 2.16. The van der Waals surface area contributed by atoms with Crippen molar-refractivity contribution in [2.24, 2.45) is 4.99 Å². The van der Waals surface area contributed by atoms with Crippen LogP contribution in [-0.2, 0) is 24.2 Å². The van der Waals surface area contributed by atoms with Gasteiger partial charge in [0.2, 0.25) is 0 Å². The minimum absolute atomic E-state index is 0. The average molecular weight is 544 g/mol. The number of nitrogens with one attached hydrogen (secondary N) is 2. The summed E-state index contributed by atoms with van der Waals surface area (Å²) in [6.45, 7) is 11.7. The van der Waals surface area contributed by atoms with Crippen molar-refractivity contribution in [3.63, 3.8) is 0 Å². The number of benzene rings is 1. The van der Waals surface area contributed by atoms with E-state index in [0.29, 0.717) is 6.10 Å². The van der Waals surface area contributed by atoms with E-state index < -0.39 is 0 Å². The van der Waals surface area contributed by atoms with E-state index >= 15 is 0 Å². The van der Waals surface area contributed by atoms with Crippen LogP contribution in [-0.4, -0.2) is 55.2 Å². The number of aliphatic imine (C=N–C) groups is 1. The number of aromatic nitrogens is 1. The monoisotopic (exact) mass is 543 g/mol. The van der Waals surface area contributed by atoms with Gasteiger partial charge in [-0.1, -0.05) is 24.3 Å². The number of ether oxygens (including phenoxy) is 1. The van der Waals surface area contributed by atoms with E-state index in [1.807, 2.05) is 7.05 Å². The number of aryl methyl sites for hydroxylation is 2. The molecule has 1 aliphatic heterocycles. The Hall–Kier alpha value is -1.23. The minimum Gasteiger partial charge on any atom is -0.376 e. The van der Waals surface area contributed by atoms with Crippen LogP contribution < -0.4 is 10.6 Å². The van der Waals surface area contributed by atoms with Gasteiger partial charge in [0.15, 0.2) is 5.96 Å². The summed E-state index contributed by atoms with van der Waals surface area (Å²) in [5.41, 5.74) is 3.74. The molecule has 166 valence electrons. The molecule has 1 aromatic carbocycles. The smallest absolute Gasteiger partial charge is 0.191 e. The van der Waals surface area contributed by atoms with Gasteiger partial charge in [-0.3, -0.25) is 9.89 Å². The summed E-state index contributed by atoms with van der Waals surface area (Å²) in [6.07, 6.45) is 1.23. The van der Waals surface area contributed by atoms with Gasteiger partial charge < -0.3 is 15.4 Å². The van der Waals surface area contributed by atoms with Gasteiger partial charge in [-0.2, -0.15) is 0 Å². The summed E-state index contributed by atoms with van der Waals surface area (Å²) in [7, 11) is 1.81. The SMILES string of the molecule is CN=C(NCCc1nc(C)c(C)s1)NCc1cccc(CN2CCOC(C)C2)c1.I. The first-order valence-corrected chi connectivity index (χ1v) is 11.1. The van der Waals surface area contributed by atoms with Crippen LogP contribution >= 0.6 is 35.3 Å². The predicted octanol–water partition coefficient (Wildman–Crippen LogP) is 3.51. The summed E-state index contributed by atoms with van der Waals surface area (Å²) in [4.78, 5) is 12.7. The molecule has 1 aliphatic rings. The first-order chi connectivity index (χ1) is 14.0. The molecule has 0 spiro atoms. The van der Waals surface area contributed by atoms with Crippen molar-refractivity contribution < 1.29 is 4.74 Å². The molecule has 1 unspecified atom stereocenters. The van der Waals surface area contributed by atoms with Gasteiger partial charge in [0.25, 0.3) is 0 Å². The van der Waals surface area contributed by atoms with Crippen LogP contribution in [0.2, 0.25) is 0 Å². The van der Waals surface area contributed by atoms with Crippen LogP contribution in [0.1, 0.15) is 33.6 Å². The van der Waals surface area contributed by atoms with Gasteiger partial charge in [0.1, 0.15) is 0 Å². The highest BCUT2D eigenvalue weighted by molar-refractivity contribution is 14.0. The van der Waals surface area contributed by atoms with Crippen LogP contribution in [0.5, 0.6) is 0 Å². The molecule has 0 bridgehead atoms. The molecule has 0 radical (unpaired) electrons. The van der Waals surface area contributed by atoms with Crippen LogP contribution in [0.25, 0.3) is 0 Å². The fraction of sp³-hybridized carbons (Fsp3) is 0.545. The first kappa shape index (κ1) is 25.0. The quantitative estimate of drug-likeness (QED) is 0.318. The first-order valence-electron chi connectivity index (χ1n) is 10.3. The zero-order valence-electron chi connectivity index (χ0n) is 18.4. The number of halogens is 1. The molecule has 30 heavy (non-hydrogen) atoms. The summed E-state index contributed by atoms with van der Waals surface area (Å²) in [5.74, 6) is 0.822. The third-order valence-corrected chi connectivity index (χ3v) is 6.24. The van der Waals surface area contributed by atoms with Gasteiger partial charge in [-0.25, -0.2) is 4.98 Å². The molecular formula is C22H34IN5OS. The lowest BCUT2D eigenvalue weighted by Gasteiger charge is -2.31. The van der Waals surface area contributed by atoms with Crippen LogP contribution in [0.15, 0.2) is 29.3 Å². The predicted molar refractivity (Wildman–Crippen MR) is 136 cm³/mol. The Morgan fingerprint density at radius 2 is 2.10 bits per heavy atom. The van der Waals surface area contributed by atoms with Gasteiger partial charge in [-0.15, -0.1) is 35.3 Å². The molecule has 1 atom stereocenters. The van der Waals surface area contributed by atoms with Gasteiger partial charge in [0, 0.05) is 51.1 Å². The highest BCUT2D eigenvalue weighted by Crippen LogP contribution is 2.16. The van der Waals surface area contributed by atoms with E-state index in [1.54, 1.807) is 11.3 Å². The molecule has 6 nitrogen and oxygen atoms in total. The summed E-state index contributed by atoms with van der Waals surface area (Å²) >= 11 is 1.78. The number of thiazole rings is 1. The van der Waals surface area contributed by atoms with Crippen molar-refractivity contribution in [3.8, 4) is 0 Å². The maximum absolute atomic E-state index is 5.64. The lowest BCUT2D eigenvalue weighted by Crippen LogP contribution is -2.40. The van der Waals surface area contributed by atoms with Crippen molar-refractivity contribution in [2.45, 2.75) is 46.4 Å². The molecule has 3 rings (SSSR count). The molecule has 2 N–H and O–H groups in total. The Balaban J connectivity index is 0.00000320. The van der Waals surface area contributed by atoms with E-state index in [1.165, 1.54) is 21.0 Å². The van der Waals surface area contributed by atoms with Crippen molar-refractivity contribution >= 4 is 41.3 Å². The average Bonchev–Trinajstić information content (AvgIpc) is 3.02. The Morgan fingerprint density at radius 1 is 1.30 bits per heavy atom. The Bertz CT molecular complexity index is 806. The van der Waals surface area contributed by atoms with Crippen LogP contribution in [0.4, 0.5) is 0 Å². The van der Waals surface area contributed by atoms with E-state index in [-0.39, 0.29) is 24.0 Å². The topological polar surface area (TPSA) is 61.8 Å². The molecule has 1 saturated heterocycles. The van der Waals surface area contributed by atoms with E-state index in [4.69, 9.17) is 4.74 Å². The Kier molecular flexibility index (Phi) is 10.5. The van der Waals surface area contributed by atoms with E-state index in [2.05, 4.69) is 70.5 Å². The summed E-state index contributed by atoms with van der Waals surface area (Å²) in [6, 6.07) is 8.78. The minimum atomic E-state index is 0. The van der Waals surface area contributed by atoms with Crippen molar-refractivity contribution in [1.82, 2.24) is 20.5 Å². The largest absolute Gasteiger partial charge is 0.376 e. The fourth-order valence-corrected chi connectivity index (χ4v) is 4.40. The second kappa shape index (κ2) is 12.6. The molecule has 0 aliphatic carbocycles. The van der Waals surface area contributed by atoms with E-state index in [9.17, 15) is 0 Å². The number of rotatable bonds is 7. The molecule has 8 heteroatoms. The molecule has 2 aromatic rings. The Morgan fingerprint density at radius 3 is 2.80 bits per heavy atom. The van der Waals surface area contributed by atoms with E-state index in [0.717, 1.165) is 57.4 Å². The van der Waals surface area contributed by atoms with Gasteiger partial charge >= 0.3 is 0 Å². The maximum Gasteiger partial charge on any atom is 0.191 e. The van der Waals surface area contributed by atoms with Crippen molar-refractivity contribution in [1.29, 1.82) is 0 Å². The van der Waals surface area contributed by atoms with Crippen molar-refractivity contribution in [3.05, 3.63) is 51.0 Å². The zero-order valence-corrected chi connectivity index (χ0v) is 21.5. The normalized spacial score (nSPS) is 17.5. The molecule has 2 heterocycles. The molecule has 0 amide bonds. The number of hydrogen-bond acceptors (Lipinski definition) is 5. The standard InChI is InChI=1S/C22H33N5OS.HI/c1-16-14-27(10-11-28-16)15-20-7-5-6-19(12-20)13-25-22(23-4)24-9-8-21-26-17(2)18(3)29-21;/h5-7,12,16H,8-11,13-15H2,1-4H3,(H2,23,24,25);1H. The number of guanidine groups is 1. The molecule has 0 saturated carbocycles. The fourth-order valence-electron chi connectivity index (χ4n) is 3.47. The summed E-state index contributed by atoms with van der Waals surface area (Å²) in [5, 5.41) is 7.97. The van der Waals surface area contributed by atoms with Crippen LogP contribution in [0.3, 0.4) is 0 Å². The molecular weight excluding hydrogens is 509 g/mol. The Labute approximate surface area is 201 Å². The second-order valence-electron chi connectivity index (χ2n) is 7.59. The summed E-state index contributed by atoms with van der Waals surface area (Å²) < 4.78 is 5.64. The number of morpholine rings is 1. The lowest BCUT2D eigenvalue weighted by molar-refractivity contribution is -0.0212. The van der Waals surface area contributed by atoms with Crippen molar-refractivity contribution in [2.75, 3.05) is 33.3 Å². The third kappa shape index (κ3) is 7.79. The zero-order chi connectivity index (χ0) is 20.6. The number of nitrogens with zero attached hydrogens (tertiary/aromatic N) is 3. The van der Waals surface area contributed by atoms with Gasteiger partial charge in [-0.05, 0) is 31.9 Å². The third-order valence-electron chi connectivity index (χ3n) is 5.11. The van der Waals surface area contributed by atoms with Gasteiger partial charge in [0.05, 0.1) is 23.4 Å². The second-order valence-corrected chi connectivity index (χ2v) is 8.88. The maximum atomic E-state index is 5.64. The lowest BCUT2D eigenvalue weighted by atomic mass is 10.1. The molecule has 1 aromatic heterocycles. The molecule has 1 fully saturated rings. The van der Waals surface area contributed by atoms with Crippen LogP contribution in [0, 0.1) is 13.8 Å². The number of hydrogen-bond donors (Lipinski definition) is 2. The highest BCUT2D eigenvalue weighted by atomic mass is 127.